The lowest BCUT2D eigenvalue weighted by molar-refractivity contribution is -0.139. The predicted octanol–water partition coefficient (Wildman–Crippen LogP) is 2.38. The molecule has 0 bridgehead atoms. The van der Waals surface area contributed by atoms with Crippen molar-refractivity contribution in [1.29, 1.82) is 0 Å². The molecule has 0 rings (SSSR count). The molecule has 9 heteroatoms. The van der Waals surface area contributed by atoms with E-state index in [1.165, 1.54) is 13.1 Å². The van der Waals surface area contributed by atoms with Gasteiger partial charge in [0.05, 0.1) is 0 Å². The molecule has 0 aliphatic heterocycles. The van der Waals surface area contributed by atoms with Gasteiger partial charge in [-0.25, -0.2) is 0 Å². The zero-order chi connectivity index (χ0) is 12.2. The quantitative estimate of drug-likeness (QED) is 0.590. The van der Waals surface area contributed by atoms with Crippen LogP contribution in [0, 0.1) is 0 Å². The Labute approximate surface area is 108 Å². The van der Waals surface area contributed by atoms with E-state index in [1.54, 1.807) is 0 Å². The first-order valence-electron chi connectivity index (χ1n) is 3.67. The van der Waals surface area contributed by atoms with Gasteiger partial charge < -0.3 is 8.85 Å². The summed E-state index contributed by atoms with van der Waals surface area (Å²) in [6, 6.07) is 0. The molecule has 88 valence electrons. The molecule has 0 heterocycles. The second-order valence-electron chi connectivity index (χ2n) is 2.84. The maximum absolute atomic E-state index is 11.0. The van der Waals surface area contributed by atoms with Gasteiger partial charge in [0.15, 0.2) is 0 Å². The molecular weight excluding hydrogens is 306 g/mol. The molecule has 0 fully saturated rings. The number of carbonyl (C=O) groups is 2. The van der Waals surface area contributed by atoms with Gasteiger partial charge in [-0.1, -0.05) is 46.4 Å². The monoisotopic (exact) mass is 312 g/mol. The van der Waals surface area contributed by atoms with Crippen molar-refractivity contribution in [1.82, 2.24) is 0 Å². The highest BCUT2D eigenvalue weighted by molar-refractivity contribution is 6.70. The predicted molar refractivity (Wildman–Crippen MR) is 60.7 cm³/mol. The van der Waals surface area contributed by atoms with Gasteiger partial charge in [-0.2, -0.15) is 0 Å². The molecule has 0 amide bonds. The van der Waals surface area contributed by atoms with Crippen molar-refractivity contribution < 1.29 is 18.4 Å². The van der Waals surface area contributed by atoms with Crippen molar-refractivity contribution in [3.63, 3.8) is 0 Å². The molecule has 0 unspecified atom stereocenters. The molecule has 15 heavy (non-hydrogen) atoms. The Morgan fingerprint density at radius 1 is 0.933 bits per heavy atom. The zero-order valence-electron chi connectivity index (χ0n) is 7.80. The minimum atomic E-state index is -2.99. The lowest BCUT2D eigenvalue weighted by Gasteiger charge is -2.22. The third-order valence-electron chi connectivity index (χ3n) is 1.05. The van der Waals surface area contributed by atoms with Crippen LogP contribution in [0.15, 0.2) is 0 Å². The van der Waals surface area contributed by atoms with Gasteiger partial charge in [0.25, 0.3) is 0 Å². The molecule has 0 aromatic rings. The van der Waals surface area contributed by atoms with E-state index >= 15 is 0 Å². The first-order valence-corrected chi connectivity index (χ1v) is 8.24. The van der Waals surface area contributed by atoms with Crippen molar-refractivity contribution in [2.75, 3.05) is 0 Å². The van der Waals surface area contributed by atoms with Crippen molar-refractivity contribution in [3.05, 3.63) is 0 Å². The van der Waals surface area contributed by atoms with Crippen LogP contribution in [0.1, 0.15) is 0 Å². The van der Waals surface area contributed by atoms with Crippen LogP contribution >= 0.6 is 46.4 Å². The van der Waals surface area contributed by atoms with Crippen LogP contribution in [0.2, 0.25) is 13.1 Å². The van der Waals surface area contributed by atoms with Gasteiger partial charge in [0, 0.05) is 13.1 Å². The summed E-state index contributed by atoms with van der Waals surface area (Å²) in [6.45, 7) is 2.91. The van der Waals surface area contributed by atoms with Crippen LogP contribution in [-0.2, 0) is 18.4 Å². The van der Waals surface area contributed by atoms with Gasteiger partial charge in [0.1, 0.15) is 0 Å². The summed E-state index contributed by atoms with van der Waals surface area (Å²) in [5.74, 6) is -1.74. The van der Waals surface area contributed by atoms with Crippen LogP contribution in [0.4, 0.5) is 0 Å². The standard InChI is InChI=1S/C6H8Cl4O4Si/c1-15(2,13-5(11)3(7)8)14-6(12)4(9)10/h3-4H,1-2H3. The summed E-state index contributed by atoms with van der Waals surface area (Å²) in [6.07, 6.45) is 0. The van der Waals surface area contributed by atoms with Gasteiger partial charge in [-0.15, -0.1) is 0 Å². The third kappa shape index (κ3) is 6.47. The highest BCUT2D eigenvalue weighted by atomic mass is 35.5. The van der Waals surface area contributed by atoms with Crippen molar-refractivity contribution in [2.45, 2.75) is 22.8 Å². The maximum atomic E-state index is 11.0. The Hall–Kier alpha value is 0.317. The highest BCUT2D eigenvalue weighted by Crippen LogP contribution is 2.15. The van der Waals surface area contributed by atoms with Gasteiger partial charge in [-0.3, -0.25) is 9.59 Å². The van der Waals surface area contributed by atoms with E-state index in [9.17, 15) is 9.59 Å². The molecule has 0 aromatic carbocycles. The van der Waals surface area contributed by atoms with Gasteiger partial charge in [0.2, 0.25) is 9.67 Å². The Kier molecular flexibility index (Phi) is 6.28. The molecule has 0 saturated carbocycles. The minimum Gasteiger partial charge on any atom is -0.483 e. The Balaban J connectivity index is 4.31. The second kappa shape index (κ2) is 6.15. The molecule has 0 spiro atoms. The average molecular weight is 314 g/mol. The van der Waals surface area contributed by atoms with Crippen molar-refractivity contribution in [3.8, 4) is 0 Å². The third-order valence-corrected chi connectivity index (χ3v) is 3.15. The van der Waals surface area contributed by atoms with E-state index in [2.05, 4.69) is 0 Å². The molecule has 0 aliphatic carbocycles. The second-order valence-corrected chi connectivity index (χ2v) is 8.24. The summed E-state index contributed by atoms with van der Waals surface area (Å²) >= 11 is 21.0. The van der Waals surface area contributed by atoms with Crippen molar-refractivity contribution in [2.24, 2.45) is 0 Å². The largest absolute Gasteiger partial charge is 0.483 e. The van der Waals surface area contributed by atoms with E-state index in [0.717, 1.165) is 0 Å². The SMILES string of the molecule is C[Si](C)(OC(=O)C(Cl)Cl)OC(=O)C(Cl)Cl. The molecule has 0 saturated heterocycles. The van der Waals surface area contributed by atoms with Gasteiger partial charge >= 0.3 is 20.5 Å². The molecule has 0 aliphatic rings. The number of hydrogen-bond acceptors (Lipinski definition) is 4. The molecule has 0 aromatic heterocycles. The van der Waals surface area contributed by atoms with Gasteiger partial charge in [-0.05, 0) is 0 Å². The lowest BCUT2D eigenvalue weighted by atomic mass is 10.8. The summed E-state index contributed by atoms with van der Waals surface area (Å²) in [7, 11) is -2.99. The summed E-state index contributed by atoms with van der Waals surface area (Å²) in [5.41, 5.74) is 0. The molecule has 4 nitrogen and oxygen atoms in total. The number of rotatable bonds is 4. The van der Waals surface area contributed by atoms with Crippen LogP contribution < -0.4 is 0 Å². The highest BCUT2D eigenvalue weighted by Gasteiger charge is 2.36. The van der Waals surface area contributed by atoms with E-state index in [0.29, 0.717) is 0 Å². The topological polar surface area (TPSA) is 52.6 Å². The number of carbonyl (C=O) groups excluding carboxylic acids is 2. The fraction of sp³-hybridized carbons (Fsp3) is 0.667. The Morgan fingerprint density at radius 3 is 1.40 bits per heavy atom. The van der Waals surface area contributed by atoms with Crippen LogP contribution in [0.3, 0.4) is 0 Å². The minimum absolute atomic E-state index is 0.872. The maximum Gasteiger partial charge on any atom is 0.457 e. The van der Waals surface area contributed by atoms with Crippen LogP contribution in [0.5, 0.6) is 0 Å². The first kappa shape index (κ1) is 15.3. The molecular formula is C6H8Cl4O4Si. The fourth-order valence-electron chi connectivity index (χ4n) is 0.594. The molecule has 0 atom stereocenters. The molecule has 0 radical (unpaired) electrons. The number of alkyl halides is 4. The summed E-state index contributed by atoms with van der Waals surface area (Å²) < 4.78 is 9.59. The summed E-state index contributed by atoms with van der Waals surface area (Å²) in [5, 5.41) is 0. The van der Waals surface area contributed by atoms with E-state index in [-0.39, 0.29) is 0 Å². The fourth-order valence-corrected chi connectivity index (χ4v) is 2.32. The molecule has 0 N–H and O–H groups in total. The van der Waals surface area contributed by atoms with E-state index in [1.807, 2.05) is 0 Å². The van der Waals surface area contributed by atoms with Crippen LogP contribution in [-0.4, -0.2) is 30.2 Å². The summed E-state index contributed by atoms with van der Waals surface area (Å²) in [4.78, 5) is 19.4. The number of halogens is 4. The van der Waals surface area contributed by atoms with E-state index < -0.39 is 30.2 Å². The normalized spacial score (nSPS) is 11.7. The first-order chi connectivity index (χ1) is 6.65. The van der Waals surface area contributed by atoms with Crippen molar-refractivity contribution >= 4 is 66.9 Å². The Morgan fingerprint density at radius 2 is 1.20 bits per heavy atom. The van der Waals surface area contributed by atoms with E-state index in [4.69, 9.17) is 55.3 Å². The smallest absolute Gasteiger partial charge is 0.457 e. The number of hydrogen-bond donors (Lipinski definition) is 0. The lowest BCUT2D eigenvalue weighted by Crippen LogP contribution is -2.42. The Bertz CT molecular complexity index is 232. The van der Waals surface area contributed by atoms with Crippen LogP contribution in [0.25, 0.3) is 0 Å². The average Bonchev–Trinajstić information content (AvgIpc) is 2.01. The zero-order valence-corrected chi connectivity index (χ0v) is 11.8.